The van der Waals surface area contributed by atoms with Crippen molar-refractivity contribution in [1.29, 1.82) is 10.8 Å². The van der Waals surface area contributed by atoms with Crippen molar-refractivity contribution < 1.29 is 9.59 Å². The molecule has 0 aromatic heterocycles. The van der Waals surface area contributed by atoms with Crippen molar-refractivity contribution >= 4 is 35.4 Å². The van der Waals surface area contributed by atoms with Gasteiger partial charge in [0.05, 0.1) is 0 Å². The number of nitrogens with one attached hydrogen (secondary N) is 2. The fraction of sp³-hybridized carbons (Fsp3) is 0. The number of isocyanates is 2. The second-order valence-corrected chi connectivity index (χ2v) is 2.51. The first-order valence-electron chi connectivity index (χ1n) is 3.11. The Bertz CT molecular complexity index is 280. The smallest absolute Gasteiger partial charge is 0.222 e. The number of hydrogen-bond donors (Lipinski definition) is 2. The van der Waals surface area contributed by atoms with Crippen LogP contribution in [-0.4, -0.2) is 12.2 Å². The summed E-state index contributed by atoms with van der Waals surface area (Å²) >= 11 is 11.1. The second kappa shape index (κ2) is 11.6. The van der Waals surface area contributed by atoms with E-state index in [1.54, 1.807) is 24.3 Å². The molecular weight excluding hydrogens is 227 g/mol. The van der Waals surface area contributed by atoms with Crippen LogP contribution in [0.1, 0.15) is 0 Å². The summed E-state index contributed by atoms with van der Waals surface area (Å²) in [4.78, 5) is 16.7. The highest BCUT2D eigenvalue weighted by Crippen LogP contribution is 2.12. The monoisotopic (exact) mass is 232 g/mol. The maximum atomic E-state index is 8.35. The Labute approximate surface area is 90.5 Å². The highest BCUT2D eigenvalue weighted by Gasteiger charge is 1.83. The van der Waals surface area contributed by atoms with Crippen molar-refractivity contribution in [1.82, 2.24) is 0 Å². The molecule has 1 aromatic carbocycles. The fourth-order valence-corrected chi connectivity index (χ4v) is 0.682. The first-order chi connectivity index (χ1) is 6.62. The van der Waals surface area contributed by atoms with E-state index in [4.69, 9.17) is 43.6 Å². The van der Waals surface area contributed by atoms with Gasteiger partial charge in [-0.1, -0.05) is 23.2 Å². The maximum Gasteiger partial charge on any atom is 0.231 e. The van der Waals surface area contributed by atoms with E-state index < -0.39 is 0 Å². The van der Waals surface area contributed by atoms with E-state index in [2.05, 4.69) is 0 Å². The van der Waals surface area contributed by atoms with Crippen LogP contribution in [0.5, 0.6) is 0 Å². The van der Waals surface area contributed by atoms with Gasteiger partial charge in [0.2, 0.25) is 12.2 Å². The number of rotatable bonds is 0. The molecule has 0 saturated carbocycles. The Morgan fingerprint density at radius 3 is 1.14 bits per heavy atom. The van der Waals surface area contributed by atoms with Crippen LogP contribution in [-0.2, 0) is 9.59 Å². The molecule has 1 rings (SSSR count). The molecule has 0 aliphatic carbocycles. The fourth-order valence-electron chi connectivity index (χ4n) is 0.430. The number of halogens is 2. The average molecular weight is 233 g/mol. The molecule has 0 heterocycles. The first kappa shape index (κ1) is 15.1. The standard InChI is InChI=1S/C6H4Cl2.2CHNO/c7-5-1-2-6(8)4-3-5;2*2-1-3/h1-4H;2*2H. The van der Waals surface area contributed by atoms with E-state index in [0.717, 1.165) is 22.2 Å². The van der Waals surface area contributed by atoms with Crippen molar-refractivity contribution in [3.05, 3.63) is 34.3 Å². The molecule has 0 radical (unpaired) electrons. The molecular formula is C8H6Cl2N2O2. The van der Waals surface area contributed by atoms with Gasteiger partial charge in [-0.3, -0.25) is 0 Å². The van der Waals surface area contributed by atoms with Gasteiger partial charge in [0.15, 0.2) is 0 Å². The third-order valence-electron chi connectivity index (χ3n) is 0.804. The topological polar surface area (TPSA) is 81.8 Å². The van der Waals surface area contributed by atoms with Crippen LogP contribution >= 0.6 is 23.2 Å². The van der Waals surface area contributed by atoms with Crippen molar-refractivity contribution in [3.8, 4) is 0 Å². The summed E-state index contributed by atoms with van der Waals surface area (Å²) < 4.78 is 0. The molecule has 6 heteroatoms. The lowest BCUT2D eigenvalue weighted by atomic mass is 10.4. The maximum absolute atomic E-state index is 8.35. The summed E-state index contributed by atoms with van der Waals surface area (Å²) in [6.07, 6.45) is 1.50. The van der Waals surface area contributed by atoms with Crippen molar-refractivity contribution in [2.24, 2.45) is 0 Å². The molecule has 14 heavy (non-hydrogen) atoms. The molecule has 2 N–H and O–H groups in total. The molecule has 0 aliphatic rings. The third kappa shape index (κ3) is 13.2. The average Bonchev–Trinajstić information content (AvgIpc) is 2.13. The predicted molar refractivity (Wildman–Crippen MR) is 53.3 cm³/mol. The predicted octanol–water partition coefficient (Wildman–Crippen LogP) is 2.80. The Hall–Kier alpha value is -1.44. The quantitative estimate of drug-likeness (QED) is 0.533. The summed E-state index contributed by atoms with van der Waals surface area (Å²) in [5, 5.41) is 12.2. The molecule has 0 bridgehead atoms. The summed E-state index contributed by atoms with van der Waals surface area (Å²) in [7, 11) is 0. The number of benzene rings is 1. The minimum absolute atomic E-state index is 0.717. The van der Waals surface area contributed by atoms with Gasteiger partial charge >= 0.3 is 0 Å². The van der Waals surface area contributed by atoms with Crippen molar-refractivity contribution in [2.75, 3.05) is 0 Å². The summed E-state index contributed by atoms with van der Waals surface area (Å²) in [6.45, 7) is 0. The lowest BCUT2D eigenvalue weighted by molar-refractivity contribution is 0.562. The zero-order chi connectivity index (χ0) is 11.4. The molecule has 0 atom stereocenters. The lowest BCUT2D eigenvalue weighted by Crippen LogP contribution is -1.60. The van der Waals surface area contributed by atoms with Gasteiger partial charge in [0.25, 0.3) is 0 Å². The van der Waals surface area contributed by atoms with Crippen molar-refractivity contribution in [2.45, 2.75) is 0 Å². The van der Waals surface area contributed by atoms with Crippen LogP contribution in [0.4, 0.5) is 0 Å². The van der Waals surface area contributed by atoms with Gasteiger partial charge in [-0.05, 0) is 24.3 Å². The van der Waals surface area contributed by atoms with Gasteiger partial charge in [0, 0.05) is 10.0 Å². The van der Waals surface area contributed by atoms with Crippen LogP contribution in [0.2, 0.25) is 10.0 Å². The lowest BCUT2D eigenvalue weighted by Gasteiger charge is -1.86. The zero-order valence-electron chi connectivity index (χ0n) is 6.88. The molecule has 0 aliphatic heterocycles. The zero-order valence-corrected chi connectivity index (χ0v) is 8.39. The minimum atomic E-state index is 0.717. The van der Waals surface area contributed by atoms with E-state index >= 15 is 0 Å². The molecule has 4 nitrogen and oxygen atoms in total. The Morgan fingerprint density at radius 2 is 1.00 bits per heavy atom. The summed E-state index contributed by atoms with van der Waals surface area (Å²) in [5.41, 5.74) is 0. The molecule has 1 aromatic rings. The van der Waals surface area contributed by atoms with Crippen molar-refractivity contribution in [3.63, 3.8) is 0 Å². The number of carbonyl (C=O) groups excluding carboxylic acids is 2. The third-order valence-corrected chi connectivity index (χ3v) is 1.31. The van der Waals surface area contributed by atoms with E-state index in [0.29, 0.717) is 0 Å². The van der Waals surface area contributed by atoms with Crippen LogP contribution < -0.4 is 0 Å². The number of hydrogen-bond acceptors (Lipinski definition) is 4. The molecule has 74 valence electrons. The normalized spacial score (nSPS) is 6.43. The highest BCUT2D eigenvalue weighted by atomic mass is 35.5. The van der Waals surface area contributed by atoms with Gasteiger partial charge in [-0.25, -0.2) is 20.4 Å². The molecule has 0 unspecified atom stereocenters. The van der Waals surface area contributed by atoms with Gasteiger partial charge in [-0.15, -0.1) is 0 Å². The van der Waals surface area contributed by atoms with E-state index in [9.17, 15) is 0 Å². The SMILES string of the molecule is Clc1ccc(Cl)cc1.N=C=O.N=C=O. The van der Waals surface area contributed by atoms with E-state index in [1.807, 2.05) is 0 Å². The molecule has 0 fully saturated rings. The first-order valence-corrected chi connectivity index (χ1v) is 3.86. The Morgan fingerprint density at radius 1 is 0.857 bits per heavy atom. The van der Waals surface area contributed by atoms with Crippen LogP contribution in [0.3, 0.4) is 0 Å². The Balaban J connectivity index is 0. The molecule has 0 amide bonds. The minimum Gasteiger partial charge on any atom is -0.222 e. The second-order valence-electron chi connectivity index (χ2n) is 1.64. The van der Waals surface area contributed by atoms with Gasteiger partial charge in [-0.2, -0.15) is 0 Å². The summed E-state index contributed by atoms with van der Waals surface area (Å²) in [5.74, 6) is 0. The van der Waals surface area contributed by atoms with E-state index in [-0.39, 0.29) is 0 Å². The largest absolute Gasteiger partial charge is 0.231 e. The molecule has 0 saturated heterocycles. The highest BCUT2D eigenvalue weighted by molar-refractivity contribution is 6.32. The Kier molecular flexibility index (Phi) is 12.4. The van der Waals surface area contributed by atoms with Crippen LogP contribution in [0.25, 0.3) is 0 Å². The summed E-state index contributed by atoms with van der Waals surface area (Å²) in [6, 6.07) is 7.02. The van der Waals surface area contributed by atoms with Gasteiger partial charge < -0.3 is 0 Å². The van der Waals surface area contributed by atoms with Crippen LogP contribution in [0.15, 0.2) is 24.3 Å². The van der Waals surface area contributed by atoms with Crippen LogP contribution in [0, 0.1) is 10.8 Å². The van der Waals surface area contributed by atoms with Gasteiger partial charge in [0.1, 0.15) is 0 Å². The van der Waals surface area contributed by atoms with E-state index in [1.165, 1.54) is 0 Å². The molecule has 0 spiro atoms.